The SMILES string of the molecule is CB(O)N(C1CC1)[C@H]1CCCN(c2ccnc3c2c(-c2ccnnc2)cn3COCC[Si](C)(C)C)C1. The van der Waals surface area contributed by atoms with Gasteiger partial charge in [0, 0.05) is 69.1 Å². The minimum atomic E-state index is -1.15. The lowest BCUT2D eigenvalue weighted by Gasteiger charge is -2.41. The first-order valence-electron chi connectivity index (χ1n) is 13.3. The van der Waals surface area contributed by atoms with Gasteiger partial charge in [0.05, 0.1) is 17.8 Å². The average Bonchev–Trinajstić information content (AvgIpc) is 3.61. The molecule has 0 bridgehead atoms. The Bertz CT molecular complexity index is 1160. The molecule has 10 heteroatoms. The molecular weight excluding hydrogens is 467 g/mol. The monoisotopic (exact) mass is 506 g/mol. The van der Waals surface area contributed by atoms with E-state index >= 15 is 0 Å². The van der Waals surface area contributed by atoms with Crippen LogP contribution in [0.15, 0.2) is 36.9 Å². The minimum Gasteiger partial charge on any atom is -0.437 e. The van der Waals surface area contributed by atoms with Gasteiger partial charge in [-0.05, 0) is 50.7 Å². The maximum atomic E-state index is 10.5. The highest BCUT2D eigenvalue weighted by Crippen LogP contribution is 2.38. The van der Waals surface area contributed by atoms with Gasteiger partial charge in [0.25, 0.3) is 0 Å². The molecule has 0 unspecified atom stereocenters. The van der Waals surface area contributed by atoms with Crippen molar-refractivity contribution in [2.45, 2.75) is 77.0 Å². The van der Waals surface area contributed by atoms with Crippen molar-refractivity contribution < 1.29 is 9.76 Å². The van der Waals surface area contributed by atoms with Crippen molar-refractivity contribution in [3.63, 3.8) is 0 Å². The number of aromatic nitrogens is 4. The fourth-order valence-electron chi connectivity index (χ4n) is 5.47. The van der Waals surface area contributed by atoms with Gasteiger partial charge in [0.2, 0.25) is 0 Å². The Morgan fingerprint density at radius 1 is 1.14 bits per heavy atom. The van der Waals surface area contributed by atoms with Crippen molar-refractivity contribution in [1.29, 1.82) is 0 Å². The molecule has 3 aromatic rings. The Morgan fingerprint density at radius 3 is 2.67 bits per heavy atom. The van der Waals surface area contributed by atoms with Gasteiger partial charge in [0.15, 0.2) is 0 Å². The van der Waals surface area contributed by atoms with E-state index in [4.69, 9.17) is 9.72 Å². The average molecular weight is 507 g/mol. The topological polar surface area (TPSA) is 79.5 Å². The maximum Gasteiger partial charge on any atom is 0.376 e. The molecule has 2 fully saturated rings. The number of hydrogen-bond donors (Lipinski definition) is 1. The number of rotatable bonds is 10. The second-order valence-corrected chi connectivity index (χ2v) is 17.2. The number of piperidine rings is 1. The second-order valence-electron chi connectivity index (χ2n) is 11.6. The van der Waals surface area contributed by atoms with Crippen molar-refractivity contribution in [3.05, 3.63) is 36.9 Å². The third-order valence-electron chi connectivity index (χ3n) is 7.42. The molecule has 1 atom stereocenters. The van der Waals surface area contributed by atoms with E-state index in [-0.39, 0.29) is 0 Å². The van der Waals surface area contributed by atoms with Gasteiger partial charge < -0.3 is 24.0 Å². The van der Waals surface area contributed by atoms with Crippen molar-refractivity contribution in [2.24, 2.45) is 0 Å². The predicted octanol–water partition coefficient (Wildman–Crippen LogP) is 4.35. The van der Waals surface area contributed by atoms with E-state index in [1.165, 1.54) is 18.5 Å². The van der Waals surface area contributed by atoms with Crippen LogP contribution in [0.5, 0.6) is 0 Å². The molecule has 1 aliphatic carbocycles. The van der Waals surface area contributed by atoms with Gasteiger partial charge in [-0.1, -0.05) is 19.6 Å². The van der Waals surface area contributed by atoms with E-state index in [2.05, 4.69) is 56.4 Å². The van der Waals surface area contributed by atoms with Gasteiger partial charge in [-0.2, -0.15) is 10.2 Å². The molecule has 0 radical (unpaired) electrons. The van der Waals surface area contributed by atoms with Crippen LogP contribution in [0, 0.1) is 0 Å². The summed E-state index contributed by atoms with van der Waals surface area (Å²) in [4.78, 5) is 9.64. The van der Waals surface area contributed by atoms with Crippen LogP contribution in [0.25, 0.3) is 22.2 Å². The van der Waals surface area contributed by atoms with Crippen molar-refractivity contribution in [1.82, 2.24) is 24.6 Å². The molecule has 3 aromatic heterocycles. The number of anilines is 1. The normalized spacial score (nSPS) is 18.8. The quantitative estimate of drug-likeness (QED) is 0.324. The molecule has 0 amide bonds. The van der Waals surface area contributed by atoms with Gasteiger partial charge in [-0.15, -0.1) is 0 Å². The summed E-state index contributed by atoms with van der Waals surface area (Å²) in [6.07, 6.45) is 12.3. The number of nitrogens with zero attached hydrogens (tertiary/aromatic N) is 6. The van der Waals surface area contributed by atoms with E-state index in [1.807, 2.05) is 25.3 Å². The molecule has 0 aromatic carbocycles. The molecule has 1 aliphatic heterocycles. The van der Waals surface area contributed by atoms with E-state index in [0.717, 1.165) is 60.7 Å². The molecule has 5 rings (SSSR count). The standard InChI is InChI=1S/C26H39BN6O2Si/c1-27(34)33(21-7-8-21)22-6-5-13-31(17-22)24-10-11-28-26-25(24)23(20-9-12-29-30-16-20)18-32(26)19-35-14-15-36(2,3)4/h9-12,16,18,21-22,34H,5-8,13-15,17,19H2,1-4H3/t22-/m0/s1. The summed E-state index contributed by atoms with van der Waals surface area (Å²) in [6.45, 7) is 12.2. The fourth-order valence-corrected chi connectivity index (χ4v) is 6.23. The molecule has 1 saturated carbocycles. The number of ether oxygens (including phenoxy) is 1. The molecule has 8 nitrogen and oxygen atoms in total. The number of hydrogen-bond acceptors (Lipinski definition) is 7. The first kappa shape index (κ1) is 25.4. The highest BCUT2D eigenvalue weighted by atomic mass is 28.3. The van der Waals surface area contributed by atoms with Crippen molar-refractivity contribution >= 4 is 31.8 Å². The summed E-state index contributed by atoms with van der Waals surface area (Å²) in [7, 11) is -1.56. The summed E-state index contributed by atoms with van der Waals surface area (Å²) in [6, 6.07) is 6.18. The zero-order chi connectivity index (χ0) is 25.3. The largest absolute Gasteiger partial charge is 0.437 e. The van der Waals surface area contributed by atoms with Gasteiger partial charge in [-0.25, -0.2) is 4.98 Å². The molecule has 4 heterocycles. The maximum absolute atomic E-state index is 10.5. The van der Waals surface area contributed by atoms with Crippen molar-refractivity contribution in [2.75, 3.05) is 24.6 Å². The molecule has 36 heavy (non-hydrogen) atoms. The lowest BCUT2D eigenvalue weighted by Crippen LogP contribution is -2.54. The Morgan fingerprint density at radius 2 is 1.97 bits per heavy atom. The van der Waals surface area contributed by atoms with Crippen LogP contribution in [0.2, 0.25) is 32.5 Å². The molecule has 1 N–H and O–H groups in total. The third kappa shape index (κ3) is 5.67. The lowest BCUT2D eigenvalue weighted by atomic mass is 9.81. The molecule has 2 aliphatic rings. The van der Waals surface area contributed by atoms with Crippen LogP contribution >= 0.6 is 0 Å². The first-order chi connectivity index (χ1) is 17.3. The molecular formula is C26H39BN6O2Si. The zero-order valence-corrected chi connectivity index (χ0v) is 23.1. The smallest absolute Gasteiger partial charge is 0.376 e. The van der Waals surface area contributed by atoms with Gasteiger partial charge in [0.1, 0.15) is 12.4 Å². The zero-order valence-electron chi connectivity index (χ0n) is 22.1. The van der Waals surface area contributed by atoms with Crippen LogP contribution in [0.1, 0.15) is 25.7 Å². The summed E-state index contributed by atoms with van der Waals surface area (Å²) in [5.74, 6) is 0. The Hall–Kier alpha value is -2.27. The van der Waals surface area contributed by atoms with Gasteiger partial charge >= 0.3 is 7.05 Å². The van der Waals surface area contributed by atoms with E-state index in [0.29, 0.717) is 18.8 Å². The summed E-state index contributed by atoms with van der Waals surface area (Å²) >= 11 is 0. The van der Waals surface area contributed by atoms with Crippen LogP contribution in [0.4, 0.5) is 5.69 Å². The molecule has 0 spiro atoms. The number of pyridine rings is 1. The Balaban J connectivity index is 1.48. The summed E-state index contributed by atoms with van der Waals surface area (Å²) in [5, 5.41) is 19.8. The minimum absolute atomic E-state index is 0.354. The Kier molecular flexibility index (Phi) is 7.48. The van der Waals surface area contributed by atoms with E-state index < -0.39 is 15.1 Å². The van der Waals surface area contributed by atoms with Crippen LogP contribution < -0.4 is 4.90 Å². The molecule has 192 valence electrons. The van der Waals surface area contributed by atoms with Gasteiger partial charge in [-0.3, -0.25) is 0 Å². The first-order valence-corrected chi connectivity index (χ1v) is 17.1. The lowest BCUT2D eigenvalue weighted by molar-refractivity contribution is 0.0899. The van der Waals surface area contributed by atoms with E-state index in [1.54, 1.807) is 6.20 Å². The second kappa shape index (κ2) is 10.6. The van der Waals surface area contributed by atoms with Crippen LogP contribution in [-0.2, 0) is 11.5 Å². The fraction of sp³-hybridized carbons (Fsp3) is 0.577. The van der Waals surface area contributed by atoms with Crippen molar-refractivity contribution in [3.8, 4) is 11.1 Å². The highest BCUT2D eigenvalue weighted by Gasteiger charge is 2.40. The number of fused-ring (bicyclic) bond motifs is 1. The van der Waals surface area contributed by atoms with E-state index in [9.17, 15) is 5.02 Å². The summed E-state index contributed by atoms with van der Waals surface area (Å²) < 4.78 is 8.26. The van der Waals surface area contributed by atoms with Crippen LogP contribution in [-0.4, -0.2) is 76.5 Å². The Labute approximate surface area is 215 Å². The third-order valence-corrected chi connectivity index (χ3v) is 9.12. The van der Waals surface area contributed by atoms with Crippen LogP contribution in [0.3, 0.4) is 0 Å². The predicted molar refractivity (Wildman–Crippen MR) is 149 cm³/mol. The summed E-state index contributed by atoms with van der Waals surface area (Å²) in [5.41, 5.74) is 4.26. The highest BCUT2D eigenvalue weighted by molar-refractivity contribution is 6.76. The molecule has 1 saturated heterocycles.